The quantitative estimate of drug-likeness (QED) is 0.300. The molecule has 1 saturated heterocycles. The lowest BCUT2D eigenvalue weighted by molar-refractivity contribution is -0.231. The summed E-state index contributed by atoms with van der Waals surface area (Å²) in [6, 6.07) is 5.42. The average Bonchev–Trinajstić information content (AvgIpc) is 2.83. The fourth-order valence-corrected chi connectivity index (χ4v) is 4.10. The molecule has 11 nitrogen and oxygen atoms in total. The van der Waals surface area contributed by atoms with Gasteiger partial charge in [-0.2, -0.15) is 0 Å². The molecular weight excluding hydrogens is 452 g/mol. The molecule has 1 fully saturated rings. The Labute approximate surface area is 192 Å². The SMILES string of the molecule is COc1cc(-c2coc3c([C@@H]4O[C@H](CO)[C@H](O)[C@@H](O)[C@H]4O)c(O)cc(OC)c3c2=O)ccc1O. The van der Waals surface area contributed by atoms with Crippen LogP contribution < -0.4 is 14.9 Å². The van der Waals surface area contributed by atoms with Crippen LogP contribution in [-0.4, -0.2) is 75.9 Å². The molecule has 0 radical (unpaired) electrons. The molecule has 1 aliphatic rings. The first-order valence-electron chi connectivity index (χ1n) is 10.3. The van der Waals surface area contributed by atoms with Crippen LogP contribution >= 0.6 is 0 Å². The van der Waals surface area contributed by atoms with E-state index in [-0.39, 0.29) is 39.3 Å². The summed E-state index contributed by atoms with van der Waals surface area (Å²) in [6.07, 6.45) is -6.59. The van der Waals surface area contributed by atoms with Crippen molar-refractivity contribution in [1.82, 2.24) is 0 Å². The Kier molecular flexibility index (Phi) is 6.39. The van der Waals surface area contributed by atoms with Gasteiger partial charge in [0.15, 0.2) is 17.1 Å². The number of fused-ring (bicyclic) bond motifs is 1. The minimum atomic E-state index is -1.72. The highest BCUT2D eigenvalue weighted by Gasteiger charge is 2.46. The molecule has 6 N–H and O–H groups in total. The molecule has 11 heteroatoms. The van der Waals surface area contributed by atoms with Gasteiger partial charge in [0.25, 0.3) is 0 Å². The zero-order chi connectivity index (χ0) is 24.7. The van der Waals surface area contributed by atoms with E-state index in [2.05, 4.69) is 0 Å². The van der Waals surface area contributed by atoms with Crippen LogP contribution in [0.3, 0.4) is 0 Å². The van der Waals surface area contributed by atoms with Gasteiger partial charge in [-0.25, -0.2) is 0 Å². The first kappa shape index (κ1) is 23.8. The van der Waals surface area contributed by atoms with Crippen molar-refractivity contribution < 1.29 is 49.3 Å². The van der Waals surface area contributed by atoms with E-state index in [0.717, 1.165) is 12.3 Å². The third kappa shape index (κ3) is 3.73. The van der Waals surface area contributed by atoms with Gasteiger partial charge in [-0.05, 0) is 17.7 Å². The van der Waals surface area contributed by atoms with E-state index >= 15 is 0 Å². The molecule has 0 amide bonds. The topological polar surface area (TPSA) is 179 Å². The number of hydrogen-bond acceptors (Lipinski definition) is 11. The number of ether oxygens (including phenoxy) is 3. The zero-order valence-electron chi connectivity index (χ0n) is 18.2. The molecule has 4 rings (SSSR count). The van der Waals surface area contributed by atoms with Crippen LogP contribution in [0.5, 0.6) is 23.0 Å². The molecule has 0 aliphatic carbocycles. The molecule has 5 atom stereocenters. The van der Waals surface area contributed by atoms with Crippen LogP contribution in [0, 0.1) is 0 Å². The van der Waals surface area contributed by atoms with Crippen LogP contribution in [0.25, 0.3) is 22.1 Å². The van der Waals surface area contributed by atoms with Crippen molar-refractivity contribution in [1.29, 1.82) is 0 Å². The molecule has 2 aromatic carbocycles. The summed E-state index contributed by atoms with van der Waals surface area (Å²) < 4.78 is 21.7. The Balaban J connectivity index is 1.95. The predicted octanol–water partition coefficient (Wildman–Crippen LogP) is 0.403. The van der Waals surface area contributed by atoms with E-state index < -0.39 is 48.3 Å². The summed E-state index contributed by atoms with van der Waals surface area (Å²) in [5, 5.41) is 60.8. The Bertz CT molecular complexity index is 1270. The second kappa shape index (κ2) is 9.12. The first-order chi connectivity index (χ1) is 16.2. The number of aliphatic hydroxyl groups is 4. The van der Waals surface area contributed by atoms with Gasteiger partial charge in [-0.15, -0.1) is 0 Å². The number of phenols is 2. The number of aromatic hydroxyl groups is 2. The molecule has 1 aromatic heterocycles. The maximum atomic E-state index is 13.5. The molecule has 182 valence electrons. The minimum absolute atomic E-state index is 0.0258. The third-order valence-electron chi connectivity index (χ3n) is 5.92. The summed E-state index contributed by atoms with van der Waals surface area (Å²) in [5.74, 6) is -0.474. The molecule has 0 bridgehead atoms. The van der Waals surface area contributed by atoms with Crippen LogP contribution in [0.2, 0.25) is 0 Å². The number of hydrogen-bond donors (Lipinski definition) is 6. The Morgan fingerprint density at radius 3 is 2.29 bits per heavy atom. The molecule has 0 saturated carbocycles. The second-order valence-electron chi connectivity index (χ2n) is 7.83. The number of rotatable bonds is 5. The summed E-state index contributed by atoms with van der Waals surface area (Å²) in [4.78, 5) is 13.5. The molecule has 0 spiro atoms. The van der Waals surface area contributed by atoms with Gasteiger partial charge in [0, 0.05) is 6.07 Å². The van der Waals surface area contributed by atoms with E-state index in [4.69, 9.17) is 18.6 Å². The van der Waals surface area contributed by atoms with Crippen LogP contribution in [0.15, 0.2) is 39.7 Å². The van der Waals surface area contributed by atoms with Gasteiger partial charge >= 0.3 is 0 Å². The van der Waals surface area contributed by atoms with Gasteiger partial charge in [-0.3, -0.25) is 4.79 Å². The predicted molar refractivity (Wildman–Crippen MR) is 117 cm³/mol. The number of aliphatic hydroxyl groups excluding tert-OH is 4. The smallest absolute Gasteiger partial charge is 0.204 e. The van der Waals surface area contributed by atoms with E-state index in [1.807, 2.05) is 0 Å². The maximum absolute atomic E-state index is 13.5. The van der Waals surface area contributed by atoms with Gasteiger partial charge in [0.2, 0.25) is 5.43 Å². The van der Waals surface area contributed by atoms with E-state index in [0.29, 0.717) is 5.56 Å². The van der Waals surface area contributed by atoms with Crippen molar-refractivity contribution in [2.75, 3.05) is 20.8 Å². The fourth-order valence-electron chi connectivity index (χ4n) is 4.10. The van der Waals surface area contributed by atoms with Crippen LogP contribution in [0.4, 0.5) is 0 Å². The van der Waals surface area contributed by atoms with Gasteiger partial charge in [0.1, 0.15) is 53.7 Å². The van der Waals surface area contributed by atoms with Crippen molar-refractivity contribution in [2.24, 2.45) is 0 Å². The van der Waals surface area contributed by atoms with Crippen molar-refractivity contribution in [2.45, 2.75) is 30.5 Å². The number of methoxy groups -OCH3 is 2. The van der Waals surface area contributed by atoms with Crippen molar-refractivity contribution in [3.8, 4) is 34.1 Å². The monoisotopic (exact) mass is 476 g/mol. The molecule has 3 aromatic rings. The van der Waals surface area contributed by atoms with Crippen molar-refractivity contribution >= 4 is 11.0 Å². The lowest BCUT2D eigenvalue weighted by Gasteiger charge is -2.40. The Morgan fingerprint density at radius 1 is 0.941 bits per heavy atom. The maximum Gasteiger partial charge on any atom is 0.204 e. The molecule has 34 heavy (non-hydrogen) atoms. The first-order valence-corrected chi connectivity index (χ1v) is 10.3. The standard InChI is InChI=1S/C23H24O11/c1-31-13-5-9(3-4-11(13)25)10-8-33-22-16(12(26)6-14(32-2)17(22)18(10)27)23-21(30)20(29)19(28)15(7-24)34-23/h3-6,8,15,19-21,23-26,28-30H,7H2,1-2H3/t15-,19+,20-,21-,23+/m1/s1. The van der Waals surface area contributed by atoms with Gasteiger partial charge in [0.05, 0.1) is 32.0 Å². The molecule has 1 aliphatic heterocycles. The Morgan fingerprint density at radius 2 is 1.65 bits per heavy atom. The van der Waals surface area contributed by atoms with Crippen LogP contribution in [-0.2, 0) is 4.74 Å². The van der Waals surface area contributed by atoms with E-state index in [1.165, 1.54) is 32.4 Å². The highest BCUT2D eigenvalue weighted by molar-refractivity contribution is 5.91. The average molecular weight is 476 g/mol. The highest BCUT2D eigenvalue weighted by atomic mass is 16.5. The number of phenolic OH excluding ortho intramolecular Hbond substituents is 2. The summed E-state index contributed by atoms with van der Waals surface area (Å²) >= 11 is 0. The lowest BCUT2D eigenvalue weighted by atomic mass is 9.89. The Hall–Kier alpha value is -3.35. The minimum Gasteiger partial charge on any atom is -0.507 e. The summed E-state index contributed by atoms with van der Waals surface area (Å²) in [7, 11) is 2.65. The second-order valence-corrected chi connectivity index (χ2v) is 7.83. The molecule has 2 heterocycles. The van der Waals surface area contributed by atoms with E-state index in [9.17, 15) is 35.4 Å². The lowest BCUT2D eigenvalue weighted by Crippen LogP contribution is -2.55. The summed E-state index contributed by atoms with van der Waals surface area (Å²) in [6.45, 7) is -0.674. The van der Waals surface area contributed by atoms with E-state index in [1.54, 1.807) is 0 Å². The fraction of sp³-hybridized carbons (Fsp3) is 0.348. The summed E-state index contributed by atoms with van der Waals surface area (Å²) in [5.41, 5.74) is -0.443. The van der Waals surface area contributed by atoms with Crippen molar-refractivity contribution in [3.63, 3.8) is 0 Å². The van der Waals surface area contributed by atoms with Gasteiger partial charge in [-0.1, -0.05) is 6.07 Å². The largest absolute Gasteiger partial charge is 0.507 e. The van der Waals surface area contributed by atoms with Crippen molar-refractivity contribution in [3.05, 3.63) is 46.3 Å². The third-order valence-corrected chi connectivity index (χ3v) is 5.92. The number of benzene rings is 2. The van der Waals surface area contributed by atoms with Gasteiger partial charge < -0.3 is 49.3 Å². The molecular formula is C23H24O11. The molecule has 0 unspecified atom stereocenters. The highest BCUT2D eigenvalue weighted by Crippen LogP contribution is 2.43. The van der Waals surface area contributed by atoms with Crippen LogP contribution in [0.1, 0.15) is 11.7 Å². The zero-order valence-corrected chi connectivity index (χ0v) is 18.2. The normalized spacial score (nSPS) is 24.8.